The summed E-state index contributed by atoms with van der Waals surface area (Å²) in [6, 6.07) is 12.3. The van der Waals surface area contributed by atoms with Crippen molar-refractivity contribution in [1.82, 2.24) is 14.2 Å². The average Bonchev–Trinajstić information content (AvgIpc) is 3.16. The molecule has 38 heavy (non-hydrogen) atoms. The molecule has 0 radical (unpaired) electrons. The van der Waals surface area contributed by atoms with Crippen LogP contribution in [0.3, 0.4) is 0 Å². The number of rotatable bonds is 9. The van der Waals surface area contributed by atoms with Crippen LogP contribution in [-0.2, 0) is 33.1 Å². The lowest BCUT2D eigenvalue weighted by Crippen LogP contribution is -2.41. The summed E-state index contributed by atoms with van der Waals surface area (Å²) in [5, 5.41) is 10.2. The van der Waals surface area contributed by atoms with Gasteiger partial charge in [0.1, 0.15) is 0 Å². The topological polar surface area (TPSA) is 109 Å². The van der Waals surface area contributed by atoms with Crippen molar-refractivity contribution < 1.29 is 23.1 Å². The van der Waals surface area contributed by atoms with Crippen LogP contribution in [0.4, 0.5) is 0 Å². The molecular formula is C28H34ClN3O5S. The summed E-state index contributed by atoms with van der Waals surface area (Å²) < 4.78 is 31.2. The number of hydrogen-bond donors (Lipinski definition) is 2. The van der Waals surface area contributed by atoms with Crippen LogP contribution in [0.5, 0.6) is 0 Å². The Hall–Kier alpha value is -2.88. The van der Waals surface area contributed by atoms with Gasteiger partial charge < -0.3 is 14.6 Å². The molecule has 1 aromatic heterocycles. The van der Waals surface area contributed by atoms with Gasteiger partial charge in [-0.1, -0.05) is 35.9 Å². The molecule has 1 fully saturated rings. The number of carboxylic acid groups (broad SMARTS) is 1. The van der Waals surface area contributed by atoms with E-state index < -0.39 is 16.0 Å². The van der Waals surface area contributed by atoms with Crippen LogP contribution >= 0.6 is 11.6 Å². The van der Waals surface area contributed by atoms with Gasteiger partial charge in [0.15, 0.2) is 0 Å². The van der Waals surface area contributed by atoms with Gasteiger partial charge in [-0.2, -0.15) is 0 Å². The van der Waals surface area contributed by atoms with E-state index in [2.05, 4.69) is 4.72 Å². The predicted octanol–water partition coefficient (Wildman–Crippen LogP) is 4.83. The Morgan fingerprint density at radius 1 is 1.11 bits per heavy atom. The Labute approximate surface area is 228 Å². The summed E-state index contributed by atoms with van der Waals surface area (Å²) in [5.74, 6) is -0.758. The Morgan fingerprint density at radius 2 is 1.76 bits per heavy atom. The van der Waals surface area contributed by atoms with E-state index in [9.17, 15) is 18.0 Å². The van der Waals surface area contributed by atoms with E-state index in [1.165, 1.54) is 0 Å². The van der Waals surface area contributed by atoms with E-state index in [0.717, 1.165) is 22.2 Å². The first-order valence-electron chi connectivity index (χ1n) is 12.9. The number of aryl methyl sites for hydroxylation is 2. The van der Waals surface area contributed by atoms with Gasteiger partial charge in [0.05, 0.1) is 21.1 Å². The molecule has 1 aliphatic rings. The smallest absolute Gasteiger partial charge is 0.303 e. The number of sulfonamides is 1. The zero-order valence-corrected chi connectivity index (χ0v) is 23.5. The lowest BCUT2D eigenvalue weighted by molar-refractivity contribution is -0.137. The summed E-state index contributed by atoms with van der Waals surface area (Å²) in [4.78, 5) is 25.2. The van der Waals surface area contributed by atoms with E-state index >= 15 is 0 Å². The zero-order valence-electron chi connectivity index (χ0n) is 21.9. The highest BCUT2D eigenvalue weighted by Gasteiger charge is 2.30. The van der Waals surface area contributed by atoms with E-state index in [1.807, 2.05) is 42.8 Å². The minimum Gasteiger partial charge on any atom is -0.481 e. The van der Waals surface area contributed by atoms with E-state index in [1.54, 1.807) is 30.1 Å². The fourth-order valence-corrected chi connectivity index (χ4v) is 6.87. The number of aromatic nitrogens is 1. The summed E-state index contributed by atoms with van der Waals surface area (Å²) >= 11 is 6.74. The maximum absolute atomic E-state index is 13.3. The number of fused-ring (bicyclic) bond motifs is 1. The van der Waals surface area contributed by atoms with Crippen LogP contribution in [0, 0.1) is 5.92 Å². The number of carboxylic acids is 1. The van der Waals surface area contributed by atoms with E-state index in [4.69, 9.17) is 16.7 Å². The fourth-order valence-electron chi connectivity index (χ4n) is 5.15. The Balaban J connectivity index is 1.52. The van der Waals surface area contributed by atoms with Gasteiger partial charge in [0.25, 0.3) is 0 Å². The summed E-state index contributed by atoms with van der Waals surface area (Å²) in [7, 11) is -0.122. The molecule has 0 spiro atoms. The van der Waals surface area contributed by atoms with Crippen molar-refractivity contribution in [2.45, 2.75) is 56.4 Å². The predicted molar refractivity (Wildman–Crippen MR) is 149 cm³/mol. The lowest BCUT2D eigenvalue weighted by Gasteiger charge is -2.30. The van der Waals surface area contributed by atoms with Crippen LogP contribution in [-0.4, -0.2) is 54.5 Å². The number of benzene rings is 2. The minimum absolute atomic E-state index is 0.0489. The average molecular weight is 560 g/mol. The molecule has 0 bridgehead atoms. The molecule has 1 heterocycles. The maximum Gasteiger partial charge on any atom is 0.303 e. The molecule has 1 saturated carbocycles. The molecular weight excluding hydrogens is 526 g/mol. The minimum atomic E-state index is -3.76. The monoisotopic (exact) mass is 559 g/mol. The van der Waals surface area contributed by atoms with Crippen molar-refractivity contribution in [2.24, 2.45) is 13.0 Å². The largest absolute Gasteiger partial charge is 0.481 e. The van der Waals surface area contributed by atoms with Crippen molar-refractivity contribution in [2.75, 3.05) is 13.6 Å². The van der Waals surface area contributed by atoms with E-state index in [0.29, 0.717) is 49.2 Å². The SMILES string of the molecule is CCN(C)C(=O)[C@H]1CC[C@H](NS(=O)(=O)c2ccc3c(Cl)c(-c4ccc(CCC(=O)O)cc4)n(C)c3c2)CC1. The van der Waals surface area contributed by atoms with Crippen molar-refractivity contribution in [3.63, 3.8) is 0 Å². The van der Waals surface area contributed by atoms with E-state index in [-0.39, 0.29) is 29.2 Å². The van der Waals surface area contributed by atoms with Crippen LogP contribution in [0.15, 0.2) is 47.4 Å². The number of carbonyl (C=O) groups excluding carboxylic acids is 1. The first-order valence-corrected chi connectivity index (χ1v) is 14.7. The summed E-state index contributed by atoms with van der Waals surface area (Å²) in [6.07, 6.45) is 3.09. The molecule has 1 aliphatic carbocycles. The third-order valence-corrected chi connectivity index (χ3v) is 9.43. The second-order valence-electron chi connectivity index (χ2n) is 10.0. The highest BCUT2D eigenvalue weighted by molar-refractivity contribution is 7.89. The van der Waals surface area contributed by atoms with Crippen LogP contribution in [0.2, 0.25) is 5.02 Å². The Morgan fingerprint density at radius 3 is 2.37 bits per heavy atom. The van der Waals surface area contributed by atoms with Crippen LogP contribution < -0.4 is 4.72 Å². The highest BCUT2D eigenvalue weighted by atomic mass is 35.5. The number of aliphatic carboxylic acids is 1. The molecule has 0 saturated heterocycles. The highest BCUT2D eigenvalue weighted by Crippen LogP contribution is 2.38. The van der Waals surface area contributed by atoms with Gasteiger partial charge in [-0.25, -0.2) is 13.1 Å². The number of hydrogen-bond acceptors (Lipinski definition) is 4. The first-order chi connectivity index (χ1) is 18.0. The Kier molecular flexibility index (Phi) is 8.49. The van der Waals surface area contributed by atoms with Crippen molar-refractivity contribution >= 4 is 44.4 Å². The number of nitrogens with zero attached hydrogens (tertiary/aromatic N) is 2. The molecule has 2 N–H and O–H groups in total. The normalized spacial score (nSPS) is 18.0. The molecule has 8 nitrogen and oxygen atoms in total. The van der Waals surface area contributed by atoms with Crippen LogP contribution in [0.1, 0.15) is 44.6 Å². The molecule has 0 unspecified atom stereocenters. The summed E-state index contributed by atoms with van der Waals surface area (Å²) in [6.45, 7) is 2.61. The Bertz CT molecular complexity index is 1440. The molecule has 2 aromatic carbocycles. The molecule has 4 rings (SSSR count). The number of halogens is 1. The molecule has 0 aliphatic heterocycles. The van der Waals surface area contributed by atoms with Crippen LogP contribution in [0.25, 0.3) is 22.2 Å². The maximum atomic E-state index is 13.3. The lowest BCUT2D eigenvalue weighted by atomic mass is 9.85. The standard InChI is InChI=1S/C28H34ClN3O5S/c1-4-31(2)28(35)20-10-12-21(13-11-20)30-38(36,37)22-14-15-23-24(17-22)32(3)27(26(23)29)19-8-5-18(6-9-19)7-16-25(33)34/h5-6,8-9,14-15,17,20-21,30H,4,7,10-13,16H2,1-3H3,(H,33,34)/t20-,21-. The van der Waals surface area contributed by atoms with Gasteiger partial charge in [-0.05, 0) is 68.4 Å². The fraction of sp³-hybridized carbons (Fsp3) is 0.429. The van der Waals surface area contributed by atoms with Gasteiger partial charge in [0, 0.05) is 44.4 Å². The molecule has 0 atom stereocenters. The first kappa shape index (κ1) is 28.1. The van der Waals surface area contributed by atoms with Gasteiger partial charge >= 0.3 is 5.97 Å². The van der Waals surface area contributed by atoms with Gasteiger partial charge in [-0.15, -0.1) is 0 Å². The zero-order chi connectivity index (χ0) is 27.6. The summed E-state index contributed by atoms with van der Waals surface area (Å²) in [5.41, 5.74) is 3.23. The van der Waals surface area contributed by atoms with Gasteiger partial charge in [-0.3, -0.25) is 9.59 Å². The molecule has 10 heteroatoms. The van der Waals surface area contributed by atoms with Crippen molar-refractivity contribution in [3.8, 4) is 11.3 Å². The molecule has 204 valence electrons. The second-order valence-corrected chi connectivity index (χ2v) is 12.1. The third kappa shape index (κ3) is 5.90. The number of carbonyl (C=O) groups is 2. The number of nitrogens with one attached hydrogen (secondary N) is 1. The van der Waals surface area contributed by atoms with Crippen molar-refractivity contribution in [1.29, 1.82) is 0 Å². The molecule has 1 amide bonds. The number of amides is 1. The second kappa shape index (κ2) is 11.5. The quantitative estimate of drug-likeness (QED) is 0.390. The van der Waals surface area contributed by atoms with Gasteiger partial charge in [0.2, 0.25) is 15.9 Å². The van der Waals surface area contributed by atoms with Crippen molar-refractivity contribution in [3.05, 3.63) is 53.1 Å². The third-order valence-electron chi connectivity index (χ3n) is 7.52. The molecule has 3 aromatic rings.